The summed E-state index contributed by atoms with van der Waals surface area (Å²) < 4.78 is 0. The van der Waals surface area contributed by atoms with E-state index in [0.29, 0.717) is 15.2 Å². The maximum Gasteiger partial charge on any atom is 0.261 e. The second-order valence-corrected chi connectivity index (χ2v) is 10.7. The van der Waals surface area contributed by atoms with Gasteiger partial charge in [-0.05, 0) is 61.9 Å². The highest BCUT2D eigenvalue weighted by molar-refractivity contribution is 8.04. The Kier molecular flexibility index (Phi) is 8.15. The number of thioether (sulfide) groups is 1. The topological polar surface area (TPSA) is 49.4 Å². The summed E-state index contributed by atoms with van der Waals surface area (Å²) in [4.78, 5) is 28.9. The van der Waals surface area contributed by atoms with Crippen molar-refractivity contribution in [2.24, 2.45) is 0 Å². The SMILES string of the molecule is CC(CCc1ccccc1)NC(=O)CN1C(=O)/C(=C/c2cccc(Cl)c2)SC2CCCCC21. The van der Waals surface area contributed by atoms with Crippen LogP contribution in [0.3, 0.4) is 0 Å². The summed E-state index contributed by atoms with van der Waals surface area (Å²) in [5.74, 6) is -0.127. The van der Waals surface area contributed by atoms with Crippen molar-refractivity contribution in [2.75, 3.05) is 6.54 Å². The van der Waals surface area contributed by atoms with Gasteiger partial charge in [0.15, 0.2) is 0 Å². The van der Waals surface area contributed by atoms with Crippen LogP contribution in [0.2, 0.25) is 5.02 Å². The molecule has 1 heterocycles. The third kappa shape index (κ3) is 6.42. The van der Waals surface area contributed by atoms with Gasteiger partial charge in [-0.2, -0.15) is 0 Å². The van der Waals surface area contributed by atoms with Gasteiger partial charge in [-0.1, -0.05) is 66.9 Å². The molecule has 3 atom stereocenters. The molecule has 1 aliphatic heterocycles. The van der Waals surface area contributed by atoms with Crippen LogP contribution in [-0.2, 0) is 16.0 Å². The van der Waals surface area contributed by atoms with Gasteiger partial charge in [-0.15, -0.1) is 11.8 Å². The highest BCUT2D eigenvalue weighted by Gasteiger charge is 2.41. The Morgan fingerprint density at radius 3 is 2.76 bits per heavy atom. The van der Waals surface area contributed by atoms with Crippen LogP contribution in [0, 0.1) is 0 Å². The summed E-state index contributed by atoms with van der Waals surface area (Å²) in [6.45, 7) is 2.14. The molecule has 1 N–H and O–H groups in total. The Morgan fingerprint density at radius 2 is 1.97 bits per heavy atom. The smallest absolute Gasteiger partial charge is 0.261 e. The van der Waals surface area contributed by atoms with Gasteiger partial charge in [0.2, 0.25) is 5.91 Å². The number of carbonyl (C=O) groups is 2. The number of carbonyl (C=O) groups excluding carboxylic acids is 2. The molecule has 4 rings (SSSR count). The van der Waals surface area contributed by atoms with Gasteiger partial charge in [0.25, 0.3) is 5.91 Å². The lowest BCUT2D eigenvalue weighted by Crippen LogP contribution is -2.55. The van der Waals surface area contributed by atoms with E-state index in [1.54, 1.807) is 11.8 Å². The van der Waals surface area contributed by atoms with E-state index < -0.39 is 0 Å². The fraction of sp³-hybridized carbons (Fsp3) is 0.407. The van der Waals surface area contributed by atoms with Crippen molar-refractivity contribution in [1.82, 2.24) is 10.2 Å². The monoisotopic (exact) mass is 482 g/mol. The zero-order chi connectivity index (χ0) is 23.2. The fourth-order valence-electron chi connectivity index (χ4n) is 4.68. The fourth-order valence-corrected chi connectivity index (χ4v) is 6.36. The standard InChI is InChI=1S/C27H31ClN2O2S/c1-19(14-15-20-8-3-2-4-9-20)29-26(31)18-30-23-12-5-6-13-24(23)33-25(27(30)32)17-21-10-7-11-22(28)16-21/h2-4,7-11,16-17,19,23-24H,5-6,12-15,18H2,1H3,(H,29,31)/b25-17-. The van der Waals surface area contributed by atoms with Crippen LogP contribution < -0.4 is 5.32 Å². The minimum atomic E-state index is -0.0813. The molecule has 0 radical (unpaired) electrons. The second-order valence-electron chi connectivity index (χ2n) is 9.00. The third-order valence-corrected chi connectivity index (χ3v) is 8.03. The minimum absolute atomic E-state index is 0.0461. The number of nitrogens with zero attached hydrogens (tertiary/aromatic N) is 1. The molecule has 2 aromatic rings. The molecule has 0 aromatic heterocycles. The quantitative estimate of drug-likeness (QED) is 0.514. The second kappa shape index (κ2) is 11.3. The Labute approximate surface area is 205 Å². The molecule has 2 aromatic carbocycles. The molecule has 1 saturated carbocycles. The van der Waals surface area contributed by atoms with Gasteiger partial charge >= 0.3 is 0 Å². The summed E-state index contributed by atoms with van der Waals surface area (Å²) in [5.41, 5.74) is 2.18. The van der Waals surface area contributed by atoms with Gasteiger partial charge in [0.1, 0.15) is 6.54 Å². The molecule has 3 unspecified atom stereocenters. The maximum absolute atomic E-state index is 13.4. The molecule has 1 saturated heterocycles. The number of hydrogen-bond donors (Lipinski definition) is 1. The number of amides is 2. The van der Waals surface area contributed by atoms with E-state index in [4.69, 9.17) is 11.6 Å². The normalized spacial score (nSPS) is 22.7. The lowest BCUT2D eigenvalue weighted by atomic mass is 9.93. The largest absolute Gasteiger partial charge is 0.352 e. The zero-order valence-corrected chi connectivity index (χ0v) is 20.6. The lowest BCUT2D eigenvalue weighted by molar-refractivity contribution is -0.135. The van der Waals surface area contributed by atoms with Gasteiger partial charge < -0.3 is 10.2 Å². The van der Waals surface area contributed by atoms with Crippen molar-refractivity contribution in [1.29, 1.82) is 0 Å². The van der Waals surface area contributed by atoms with Gasteiger partial charge in [0.05, 0.1) is 4.91 Å². The van der Waals surface area contributed by atoms with Crippen molar-refractivity contribution >= 4 is 41.3 Å². The highest BCUT2D eigenvalue weighted by Crippen LogP contribution is 2.42. The van der Waals surface area contributed by atoms with Crippen molar-refractivity contribution in [3.05, 3.63) is 75.7 Å². The number of benzene rings is 2. The van der Waals surface area contributed by atoms with Gasteiger partial charge in [0, 0.05) is 22.4 Å². The van der Waals surface area contributed by atoms with Crippen LogP contribution in [0.5, 0.6) is 0 Å². The molecule has 2 fully saturated rings. The van der Waals surface area contributed by atoms with Crippen molar-refractivity contribution < 1.29 is 9.59 Å². The van der Waals surface area contributed by atoms with Crippen LogP contribution in [-0.4, -0.2) is 40.6 Å². The zero-order valence-electron chi connectivity index (χ0n) is 19.0. The number of fused-ring (bicyclic) bond motifs is 1. The average Bonchev–Trinajstić information content (AvgIpc) is 2.81. The number of halogens is 1. The Bertz CT molecular complexity index is 1010. The minimum Gasteiger partial charge on any atom is -0.352 e. The van der Waals surface area contributed by atoms with Crippen LogP contribution in [0.1, 0.15) is 50.2 Å². The first-order chi connectivity index (χ1) is 16.0. The first-order valence-electron chi connectivity index (χ1n) is 11.8. The van der Waals surface area contributed by atoms with E-state index in [0.717, 1.165) is 37.7 Å². The first kappa shape index (κ1) is 23.9. The Morgan fingerprint density at radius 1 is 1.18 bits per heavy atom. The van der Waals surface area contributed by atoms with Gasteiger partial charge in [-0.3, -0.25) is 9.59 Å². The highest BCUT2D eigenvalue weighted by atomic mass is 35.5. The Balaban J connectivity index is 1.42. The summed E-state index contributed by atoms with van der Waals surface area (Å²) >= 11 is 7.81. The number of nitrogens with one attached hydrogen (secondary N) is 1. The number of hydrogen-bond acceptors (Lipinski definition) is 3. The number of rotatable bonds is 7. The molecular weight excluding hydrogens is 452 g/mol. The molecule has 1 aliphatic carbocycles. The van der Waals surface area contributed by atoms with E-state index in [9.17, 15) is 9.59 Å². The molecule has 2 aliphatic rings. The van der Waals surface area contributed by atoms with E-state index >= 15 is 0 Å². The predicted molar refractivity (Wildman–Crippen MR) is 137 cm³/mol. The maximum atomic E-state index is 13.4. The van der Waals surface area contributed by atoms with Crippen LogP contribution in [0.4, 0.5) is 0 Å². The molecule has 0 spiro atoms. The summed E-state index contributed by atoms with van der Waals surface area (Å²) in [7, 11) is 0. The van der Waals surface area contributed by atoms with Crippen LogP contribution in [0.25, 0.3) is 6.08 Å². The molecule has 174 valence electrons. The summed E-state index contributed by atoms with van der Waals surface area (Å²) in [6.07, 6.45) is 8.00. The Hall–Kier alpha value is -2.24. The molecule has 2 amide bonds. The van der Waals surface area contributed by atoms with Crippen molar-refractivity contribution in [3.63, 3.8) is 0 Å². The lowest BCUT2D eigenvalue weighted by Gasteiger charge is -2.44. The summed E-state index contributed by atoms with van der Waals surface area (Å²) in [6, 6.07) is 18.0. The van der Waals surface area contributed by atoms with Crippen LogP contribution in [0.15, 0.2) is 59.5 Å². The van der Waals surface area contributed by atoms with E-state index in [1.165, 1.54) is 12.0 Å². The molecular formula is C27H31ClN2O2S. The molecule has 4 nitrogen and oxygen atoms in total. The average molecular weight is 483 g/mol. The van der Waals surface area contributed by atoms with E-state index in [2.05, 4.69) is 17.4 Å². The van der Waals surface area contributed by atoms with Crippen molar-refractivity contribution in [2.45, 2.75) is 62.8 Å². The predicted octanol–water partition coefficient (Wildman–Crippen LogP) is 5.71. The van der Waals surface area contributed by atoms with E-state index in [1.807, 2.05) is 60.4 Å². The van der Waals surface area contributed by atoms with Crippen LogP contribution >= 0.6 is 23.4 Å². The molecule has 0 bridgehead atoms. The van der Waals surface area contributed by atoms with Gasteiger partial charge in [-0.25, -0.2) is 0 Å². The summed E-state index contributed by atoms with van der Waals surface area (Å²) in [5, 5.41) is 4.09. The van der Waals surface area contributed by atoms with Crippen molar-refractivity contribution in [3.8, 4) is 0 Å². The molecule has 33 heavy (non-hydrogen) atoms. The first-order valence-corrected chi connectivity index (χ1v) is 13.0. The third-order valence-electron chi connectivity index (χ3n) is 6.39. The number of aryl methyl sites for hydroxylation is 1. The van der Waals surface area contributed by atoms with E-state index in [-0.39, 0.29) is 30.4 Å². The molecule has 6 heteroatoms.